The highest BCUT2D eigenvalue weighted by Gasteiger charge is 2.26. The normalized spacial score (nSPS) is 17.9. The summed E-state index contributed by atoms with van der Waals surface area (Å²) in [6, 6.07) is 7.43. The van der Waals surface area contributed by atoms with E-state index in [9.17, 15) is 4.79 Å². The summed E-state index contributed by atoms with van der Waals surface area (Å²) in [4.78, 5) is 14.2. The molecule has 0 fully saturated rings. The van der Waals surface area contributed by atoms with Crippen molar-refractivity contribution in [2.75, 3.05) is 13.2 Å². The van der Waals surface area contributed by atoms with Crippen LogP contribution in [-0.4, -0.2) is 30.0 Å². The number of ether oxygens (including phenoxy) is 1. The minimum absolute atomic E-state index is 0.0228. The van der Waals surface area contributed by atoms with Gasteiger partial charge in [-0.2, -0.15) is 0 Å². The molecule has 0 radical (unpaired) electrons. The lowest BCUT2D eigenvalue weighted by Gasteiger charge is -2.26. The molecule has 0 bridgehead atoms. The van der Waals surface area contributed by atoms with Crippen LogP contribution in [0, 0.1) is 5.92 Å². The number of rotatable bonds is 3. The smallest absolute Gasteiger partial charge is 0.240 e. The third kappa shape index (κ3) is 3.07. The molecule has 1 aromatic carbocycles. The van der Waals surface area contributed by atoms with Gasteiger partial charge >= 0.3 is 0 Å². The maximum atomic E-state index is 12.4. The van der Waals surface area contributed by atoms with Gasteiger partial charge in [-0.3, -0.25) is 4.79 Å². The van der Waals surface area contributed by atoms with Crippen molar-refractivity contribution in [3.8, 4) is 5.75 Å². The predicted octanol–water partition coefficient (Wildman–Crippen LogP) is 1.78. The third-order valence-corrected chi connectivity index (χ3v) is 3.81. The number of carbonyl (C=O) groups excluding carboxylic acids is 1. The van der Waals surface area contributed by atoms with E-state index in [0.29, 0.717) is 19.7 Å². The van der Waals surface area contributed by atoms with Crippen LogP contribution in [-0.2, 0) is 11.3 Å². The van der Waals surface area contributed by atoms with Crippen LogP contribution in [0.4, 0.5) is 0 Å². The Labute approximate surface area is 114 Å². The van der Waals surface area contributed by atoms with Crippen LogP contribution in [0.3, 0.4) is 0 Å². The van der Waals surface area contributed by atoms with Gasteiger partial charge in [0.1, 0.15) is 12.4 Å². The average Bonchev–Trinajstić information content (AvgIpc) is 2.66. The number of benzene rings is 1. The molecule has 0 unspecified atom stereocenters. The first-order valence-electron chi connectivity index (χ1n) is 6.88. The van der Waals surface area contributed by atoms with E-state index in [0.717, 1.165) is 17.7 Å². The summed E-state index contributed by atoms with van der Waals surface area (Å²) >= 11 is 0. The van der Waals surface area contributed by atoms with E-state index in [1.165, 1.54) is 0 Å². The molecule has 1 aliphatic rings. The molecule has 2 rings (SSSR count). The van der Waals surface area contributed by atoms with Crippen molar-refractivity contribution in [2.24, 2.45) is 11.7 Å². The zero-order chi connectivity index (χ0) is 13.8. The van der Waals surface area contributed by atoms with Gasteiger partial charge in [0.25, 0.3) is 0 Å². The number of nitrogens with zero attached hydrogens (tertiary/aromatic N) is 1. The quantitative estimate of drug-likeness (QED) is 0.903. The SMILES string of the molecule is CC[C@H](C)[C@H](N)C(=O)N1CCOc2ccccc2C1. The topological polar surface area (TPSA) is 55.6 Å². The molecule has 0 saturated heterocycles. The van der Waals surface area contributed by atoms with Crippen molar-refractivity contribution in [2.45, 2.75) is 32.9 Å². The van der Waals surface area contributed by atoms with Gasteiger partial charge < -0.3 is 15.4 Å². The molecule has 0 aliphatic carbocycles. The van der Waals surface area contributed by atoms with Crippen molar-refractivity contribution in [3.05, 3.63) is 29.8 Å². The Balaban J connectivity index is 2.12. The van der Waals surface area contributed by atoms with E-state index in [2.05, 4.69) is 6.92 Å². The predicted molar refractivity (Wildman–Crippen MR) is 74.8 cm³/mol. The molecule has 19 heavy (non-hydrogen) atoms. The molecule has 4 nitrogen and oxygen atoms in total. The lowest BCUT2D eigenvalue weighted by molar-refractivity contribution is -0.134. The van der Waals surface area contributed by atoms with Gasteiger partial charge in [-0.25, -0.2) is 0 Å². The van der Waals surface area contributed by atoms with Crippen molar-refractivity contribution in [1.82, 2.24) is 4.90 Å². The first-order chi connectivity index (χ1) is 9.13. The lowest BCUT2D eigenvalue weighted by atomic mass is 9.98. The third-order valence-electron chi connectivity index (χ3n) is 3.81. The van der Waals surface area contributed by atoms with E-state index in [1.807, 2.05) is 36.1 Å². The summed E-state index contributed by atoms with van der Waals surface area (Å²) in [5.74, 6) is 1.09. The minimum Gasteiger partial charge on any atom is -0.491 e. The number of nitrogens with two attached hydrogens (primary N) is 1. The van der Waals surface area contributed by atoms with Gasteiger partial charge in [-0.15, -0.1) is 0 Å². The fourth-order valence-corrected chi connectivity index (χ4v) is 2.22. The van der Waals surface area contributed by atoms with Crippen LogP contribution >= 0.6 is 0 Å². The van der Waals surface area contributed by atoms with Gasteiger partial charge in [0, 0.05) is 12.1 Å². The summed E-state index contributed by atoms with van der Waals surface area (Å²) in [5.41, 5.74) is 7.09. The maximum Gasteiger partial charge on any atom is 0.240 e. The van der Waals surface area contributed by atoms with Crippen molar-refractivity contribution >= 4 is 5.91 Å². The molecule has 0 aromatic heterocycles. The van der Waals surface area contributed by atoms with Crippen LogP contribution in [0.15, 0.2) is 24.3 Å². The highest BCUT2D eigenvalue weighted by Crippen LogP contribution is 2.23. The number of hydrogen-bond acceptors (Lipinski definition) is 3. The van der Waals surface area contributed by atoms with E-state index < -0.39 is 6.04 Å². The van der Waals surface area contributed by atoms with Gasteiger partial charge in [-0.1, -0.05) is 38.5 Å². The van der Waals surface area contributed by atoms with Crippen LogP contribution < -0.4 is 10.5 Å². The second kappa shape index (κ2) is 6.06. The number of para-hydroxylation sites is 1. The molecule has 0 saturated carbocycles. The van der Waals surface area contributed by atoms with Gasteiger partial charge in [0.05, 0.1) is 12.6 Å². The Morgan fingerprint density at radius 2 is 2.21 bits per heavy atom. The number of amides is 1. The zero-order valence-electron chi connectivity index (χ0n) is 11.6. The lowest BCUT2D eigenvalue weighted by Crippen LogP contribution is -2.47. The highest BCUT2D eigenvalue weighted by atomic mass is 16.5. The summed E-state index contributed by atoms with van der Waals surface area (Å²) in [5, 5.41) is 0. The number of carbonyl (C=O) groups is 1. The summed E-state index contributed by atoms with van der Waals surface area (Å²) in [6.45, 7) is 5.77. The highest BCUT2D eigenvalue weighted by molar-refractivity contribution is 5.82. The fraction of sp³-hybridized carbons (Fsp3) is 0.533. The molecule has 2 atom stereocenters. The number of fused-ring (bicyclic) bond motifs is 1. The fourth-order valence-electron chi connectivity index (χ4n) is 2.22. The molecule has 4 heteroatoms. The first kappa shape index (κ1) is 13.9. The molecule has 1 aliphatic heterocycles. The van der Waals surface area contributed by atoms with Crippen molar-refractivity contribution < 1.29 is 9.53 Å². The van der Waals surface area contributed by atoms with E-state index in [4.69, 9.17) is 10.5 Å². The second-order valence-corrected chi connectivity index (χ2v) is 5.13. The molecule has 0 spiro atoms. The maximum absolute atomic E-state index is 12.4. The largest absolute Gasteiger partial charge is 0.491 e. The van der Waals surface area contributed by atoms with Gasteiger partial charge in [-0.05, 0) is 12.0 Å². The standard InChI is InChI=1S/C15H22N2O2/c1-3-11(2)14(16)15(18)17-8-9-19-13-7-5-4-6-12(13)10-17/h4-7,11,14H,3,8-10,16H2,1-2H3/t11-,14-/m0/s1. The monoisotopic (exact) mass is 262 g/mol. The molecule has 1 amide bonds. The van der Waals surface area contributed by atoms with E-state index in [1.54, 1.807) is 0 Å². The zero-order valence-corrected chi connectivity index (χ0v) is 11.6. The van der Waals surface area contributed by atoms with Crippen LogP contribution in [0.25, 0.3) is 0 Å². The van der Waals surface area contributed by atoms with E-state index in [-0.39, 0.29) is 11.8 Å². The summed E-state index contributed by atoms with van der Waals surface area (Å²) in [7, 11) is 0. The molecule has 1 heterocycles. The van der Waals surface area contributed by atoms with Crippen LogP contribution in [0.1, 0.15) is 25.8 Å². The van der Waals surface area contributed by atoms with Crippen LogP contribution in [0.2, 0.25) is 0 Å². The first-order valence-corrected chi connectivity index (χ1v) is 6.88. The van der Waals surface area contributed by atoms with Crippen molar-refractivity contribution in [3.63, 3.8) is 0 Å². The molecule has 1 aromatic rings. The Morgan fingerprint density at radius 3 is 2.95 bits per heavy atom. The number of hydrogen-bond donors (Lipinski definition) is 1. The minimum atomic E-state index is -0.421. The summed E-state index contributed by atoms with van der Waals surface area (Å²) < 4.78 is 5.66. The van der Waals surface area contributed by atoms with E-state index >= 15 is 0 Å². The average molecular weight is 262 g/mol. The Bertz CT molecular complexity index is 448. The molecular formula is C15H22N2O2. The molecular weight excluding hydrogens is 240 g/mol. The second-order valence-electron chi connectivity index (χ2n) is 5.13. The Morgan fingerprint density at radius 1 is 1.47 bits per heavy atom. The molecule has 104 valence electrons. The van der Waals surface area contributed by atoms with Crippen LogP contribution in [0.5, 0.6) is 5.75 Å². The Hall–Kier alpha value is -1.55. The van der Waals surface area contributed by atoms with Crippen molar-refractivity contribution in [1.29, 1.82) is 0 Å². The van der Waals surface area contributed by atoms with Gasteiger partial charge in [0.2, 0.25) is 5.91 Å². The Kier molecular flexibility index (Phi) is 4.43. The van der Waals surface area contributed by atoms with Gasteiger partial charge in [0.15, 0.2) is 0 Å². The molecule has 2 N–H and O–H groups in total. The summed E-state index contributed by atoms with van der Waals surface area (Å²) in [6.07, 6.45) is 0.911.